The van der Waals surface area contributed by atoms with E-state index in [4.69, 9.17) is 9.26 Å². The van der Waals surface area contributed by atoms with E-state index in [1.807, 2.05) is 36.4 Å². The van der Waals surface area contributed by atoms with Gasteiger partial charge >= 0.3 is 0 Å². The van der Waals surface area contributed by atoms with Crippen LogP contribution in [0.5, 0.6) is 5.75 Å². The third-order valence-corrected chi connectivity index (χ3v) is 4.68. The Bertz CT molecular complexity index is 967. The zero-order chi connectivity index (χ0) is 18.1. The number of ether oxygens (including phenoxy) is 1. The molecule has 1 aromatic heterocycles. The van der Waals surface area contributed by atoms with Crippen molar-refractivity contribution in [1.82, 2.24) is 5.16 Å². The molecule has 6 heteroatoms. The molecule has 3 aromatic rings. The van der Waals surface area contributed by atoms with E-state index in [2.05, 4.69) is 39.4 Å². The first-order valence-electron chi connectivity index (χ1n) is 8.38. The molecule has 132 valence electrons. The summed E-state index contributed by atoms with van der Waals surface area (Å²) in [5.74, 6) is 1.44. The molecule has 0 saturated heterocycles. The number of hydrogen-bond acceptors (Lipinski definition) is 4. The number of aromatic nitrogens is 1. The van der Waals surface area contributed by atoms with Crippen LogP contribution in [0.2, 0.25) is 0 Å². The number of carbonyl (C=O) groups excluding carboxylic acids is 1. The molecule has 0 radical (unpaired) electrons. The van der Waals surface area contributed by atoms with Gasteiger partial charge in [-0.2, -0.15) is 0 Å². The van der Waals surface area contributed by atoms with Crippen molar-refractivity contribution in [2.75, 3.05) is 5.32 Å². The Morgan fingerprint density at radius 1 is 1.27 bits per heavy atom. The molecule has 1 aliphatic heterocycles. The SMILES string of the molecule is CC1Cc2cc(-c3cc(CC(=O)Nc4cccc(Br)c4)no3)ccc2O1. The van der Waals surface area contributed by atoms with Gasteiger partial charge in [-0.15, -0.1) is 0 Å². The van der Waals surface area contributed by atoms with Crippen molar-refractivity contribution in [1.29, 1.82) is 0 Å². The molecule has 0 saturated carbocycles. The third kappa shape index (κ3) is 3.65. The molecule has 0 aliphatic carbocycles. The Kier molecular flexibility index (Phi) is 4.51. The highest BCUT2D eigenvalue weighted by molar-refractivity contribution is 9.10. The normalized spacial score (nSPS) is 15.4. The van der Waals surface area contributed by atoms with E-state index < -0.39 is 0 Å². The Balaban J connectivity index is 1.45. The van der Waals surface area contributed by atoms with Gasteiger partial charge in [0.1, 0.15) is 11.9 Å². The fourth-order valence-electron chi connectivity index (χ4n) is 3.04. The molecular formula is C20H17BrN2O3. The summed E-state index contributed by atoms with van der Waals surface area (Å²) in [6, 6.07) is 15.2. The summed E-state index contributed by atoms with van der Waals surface area (Å²) < 4.78 is 12.1. The number of amides is 1. The van der Waals surface area contributed by atoms with Crippen molar-refractivity contribution in [2.45, 2.75) is 25.9 Å². The van der Waals surface area contributed by atoms with Crippen LogP contribution in [-0.4, -0.2) is 17.2 Å². The highest BCUT2D eigenvalue weighted by atomic mass is 79.9. The van der Waals surface area contributed by atoms with Gasteiger partial charge in [-0.25, -0.2) is 0 Å². The summed E-state index contributed by atoms with van der Waals surface area (Å²) in [5, 5.41) is 6.88. The quantitative estimate of drug-likeness (QED) is 0.679. The summed E-state index contributed by atoms with van der Waals surface area (Å²) >= 11 is 3.39. The van der Waals surface area contributed by atoms with Crippen LogP contribution < -0.4 is 10.1 Å². The Hall–Kier alpha value is -2.60. The van der Waals surface area contributed by atoms with Crippen LogP contribution in [0.4, 0.5) is 5.69 Å². The summed E-state index contributed by atoms with van der Waals surface area (Å²) in [4.78, 5) is 12.2. The Labute approximate surface area is 159 Å². The van der Waals surface area contributed by atoms with E-state index in [1.54, 1.807) is 6.07 Å². The van der Waals surface area contributed by atoms with Gasteiger partial charge in [-0.05, 0) is 48.9 Å². The Morgan fingerprint density at radius 3 is 3.00 bits per heavy atom. The number of fused-ring (bicyclic) bond motifs is 1. The lowest BCUT2D eigenvalue weighted by molar-refractivity contribution is -0.115. The minimum Gasteiger partial charge on any atom is -0.490 e. The van der Waals surface area contributed by atoms with E-state index in [0.29, 0.717) is 11.5 Å². The van der Waals surface area contributed by atoms with Crippen molar-refractivity contribution in [3.05, 3.63) is 64.3 Å². The van der Waals surface area contributed by atoms with Crippen LogP contribution in [0, 0.1) is 0 Å². The fourth-order valence-corrected chi connectivity index (χ4v) is 3.44. The fraction of sp³-hybridized carbons (Fsp3) is 0.200. The summed E-state index contributed by atoms with van der Waals surface area (Å²) in [6.07, 6.45) is 1.24. The number of nitrogens with one attached hydrogen (secondary N) is 1. The van der Waals surface area contributed by atoms with Gasteiger partial charge in [0.2, 0.25) is 5.91 Å². The van der Waals surface area contributed by atoms with E-state index in [1.165, 1.54) is 5.56 Å². The monoisotopic (exact) mass is 412 g/mol. The average molecular weight is 413 g/mol. The van der Waals surface area contributed by atoms with Gasteiger partial charge in [-0.1, -0.05) is 27.2 Å². The molecule has 0 spiro atoms. The lowest BCUT2D eigenvalue weighted by Crippen LogP contribution is -2.14. The van der Waals surface area contributed by atoms with Crippen LogP contribution in [0.15, 0.2) is 57.5 Å². The predicted molar refractivity (Wildman–Crippen MR) is 102 cm³/mol. The molecule has 1 aliphatic rings. The maximum absolute atomic E-state index is 12.2. The molecule has 1 N–H and O–H groups in total. The highest BCUT2D eigenvalue weighted by Gasteiger charge is 2.20. The molecule has 5 nitrogen and oxygen atoms in total. The topological polar surface area (TPSA) is 64.4 Å². The minimum absolute atomic E-state index is 0.140. The first-order valence-corrected chi connectivity index (χ1v) is 9.17. The van der Waals surface area contributed by atoms with Crippen LogP contribution in [-0.2, 0) is 17.6 Å². The molecule has 1 unspecified atom stereocenters. The van der Waals surface area contributed by atoms with Crippen LogP contribution in [0.3, 0.4) is 0 Å². The van der Waals surface area contributed by atoms with E-state index in [-0.39, 0.29) is 18.4 Å². The lowest BCUT2D eigenvalue weighted by atomic mass is 10.1. The summed E-state index contributed by atoms with van der Waals surface area (Å²) in [6.45, 7) is 2.05. The number of carbonyl (C=O) groups is 1. The molecular weight excluding hydrogens is 396 g/mol. The van der Waals surface area contributed by atoms with E-state index in [0.717, 1.165) is 27.9 Å². The zero-order valence-corrected chi connectivity index (χ0v) is 15.7. The largest absolute Gasteiger partial charge is 0.490 e. The van der Waals surface area contributed by atoms with Gasteiger partial charge in [0.25, 0.3) is 0 Å². The minimum atomic E-state index is -0.140. The standard InChI is InChI=1S/C20H17BrN2O3/c1-12-7-14-8-13(5-6-18(14)25-12)19-10-17(23-26-19)11-20(24)22-16-4-2-3-15(21)9-16/h2-6,8-10,12H,7,11H2,1H3,(H,22,24). The van der Waals surface area contributed by atoms with Crippen LogP contribution in [0.1, 0.15) is 18.2 Å². The zero-order valence-electron chi connectivity index (χ0n) is 14.2. The number of benzene rings is 2. The first kappa shape index (κ1) is 16.8. The lowest BCUT2D eigenvalue weighted by Gasteiger charge is -2.03. The van der Waals surface area contributed by atoms with E-state index >= 15 is 0 Å². The van der Waals surface area contributed by atoms with Crippen molar-refractivity contribution >= 4 is 27.5 Å². The van der Waals surface area contributed by atoms with Gasteiger partial charge in [0, 0.05) is 28.2 Å². The third-order valence-electron chi connectivity index (χ3n) is 4.19. The van der Waals surface area contributed by atoms with Crippen molar-refractivity contribution < 1.29 is 14.1 Å². The second kappa shape index (κ2) is 6.96. The van der Waals surface area contributed by atoms with Crippen molar-refractivity contribution in [3.8, 4) is 17.1 Å². The second-order valence-electron chi connectivity index (χ2n) is 6.37. The van der Waals surface area contributed by atoms with Gasteiger partial charge in [-0.3, -0.25) is 4.79 Å². The van der Waals surface area contributed by atoms with Gasteiger partial charge in [0.15, 0.2) is 5.76 Å². The number of nitrogens with zero attached hydrogens (tertiary/aromatic N) is 1. The number of anilines is 1. The highest BCUT2D eigenvalue weighted by Crippen LogP contribution is 2.33. The van der Waals surface area contributed by atoms with Crippen LogP contribution >= 0.6 is 15.9 Å². The van der Waals surface area contributed by atoms with E-state index in [9.17, 15) is 4.79 Å². The molecule has 0 fully saturated rings. The average Bonchev–Trinajstić information content (AvgIpc) is 3.19. The maximum atomic E-state index is 12.2. The second-order valence-corrected chi connectivity index (χ2v) is 7.29. The predicted octanol–water partition coefficient (Wildman–Crippen LogP) is 4.61. The summed E-state index contributed by atoms with van der Waals surface area (Å²) in [7, 11) is 0. The molecule has 4 rings (SSSR count). The molecule has 1 amide bonds. The molecule has 2 heterocycles. The maximum Gasteiger partial charge on any atom is 0.230 e. The number of hydrogen-bond donors (Lipinski definition) is 1. The summed E-state index contributed by atoms with van der Waals surface area (Å²) in [5.41, 5.74) is 3.44. The number of rotatable bonds is 4. The molecule has 2 aromatic carbocycles. The smallest absolute Gasteiger partial charge is 0.230 e. The Morgan fingerprint density at radius 2 is 2.15 bits per heavy atom. The molecule has 1 atom stereocenters. The van der Waals surface area contributed by atoms with Crippen LogP contribution in [0.25, 0.3) is 11.3 Å². The van der Waals surface area contributed by atoms with Gasteiger partial charge in [0.05, 0.1) is 12.1 Å². The van der Waals surface area contributed by atoms with Crippen molar-refractivity contribution in [3.63, 3.8) is 0 Å². The number of halogens is 1. The molecule has 0 bridgehead atoms. The molecule has 26 heavy (non-hydrogen) atoms. The van der Waals surface area contributed by atoms with Crippen molar-refractivity contribution in [2.24, 2.45) is 0 Å². The first-order chi connectivity index (χ1) is 12.6. The van der Waals surface area contributed by atoms with Gasteiger partial charge < -0.3 is 14.6 Å².